The quantitative estimate of drug-likeness (QED) is 0.482. The van der Waals surface area contributed by atoms with Crippen molar-refractivity contribution < 1.29 is 4.79 Å². The van der Waals surface area contributed by atoms with E-state index in [1.165, 1.54) is 23.1 Å². The molecular weight excluding hydrogens is 390 g/mol. The fourth-order valence-corrected chi connectivity index (χ4v) is 3.91. The molecule has 4 aromatic rings. The molecule has 0 unspecified atom stereocenters. The molecule has 0 aliphatic rings. The SMILES string of the molecule is O=C(CSc1nc2ccc(Cl)cc2[nH]1)Nc1nnc(-c2ccccc2)s1. The Morgan fingerprint density at radius 1 is 1.19 bits per heavy atom. The Balaban J connectivity index is 1.37. The summed E-state index contributed by atoms with van der Waals surface area (Å²) in [4.78, 5) is 19.7. The van der Waals surface area contributed by atoms with Gasteiger partial charge in [-0.15, -0.1) is 10.2 Å². The molecule has 0 atom stereocenters. The molecule has 0 aliphatic heterocycles. The van der Waals surface area contributed by atoms with Gasteiger partial charge in [-0.05, 0) is 18.2 Å². The van der Waals surface area contributed by atoms with E-state index in [4.69, 9.17) is 11.6 Å². The Morgan fingerprint density at radius 2 is 2.04 bits per heavy atom. The smallest absolute Gasteiger partial charge is 0.236 e. The first-order chi connectivity index (χ1) is 12.7. The standard InChI is InChI=1S/C17H12ClN5OS2/c18-11-6-7-12-13(8-11)20-16(19-12)25-9-14(24)21-17-23-22-15(26-17)10-4-2-1-3-5-10/h1-8H,9H2,(H,19,20)(H,21,23,24). The van der Waals surface area contributed by atoms with Crippen LogP contribution in [0.1, 0.15) is 0 Å². The summed E-state index contributed by atoms with van der Waals surface area (Å²) in [7, 11) is 0. The van der Waals surface area contributed by atoms with Gasteiger partial charge >= 0.3 is 0 Å². The van der Waals surface area contributed by atoms with Crippen molar-refractivity contribution in [3.05, 3.63) is 53.6 Å². The van der Waals surface area contributed by atoms with E-state index in [1.807, 2.05) is 36.4 Å². The third-order valence-electron chi connectivity index (χ3n) is 3.45. The normalized spacial score (nSPS) is 11.0. The zero-order valence-corrected chi connectivity index (χ0v) is 15.7. The van der Waals surface area contributed by atoms with E-state index in [9.17, 15) is 4.79 Å². The van der Waals surface area contributed by atoms with Crippen molar-refractivity contribution in [2.75, 3.05) is 11.1 Å². The van der Waals surface area contributed by atoms with E-state index in [1.54, 1.807) is 12.1 Å². The summed E-state index contributed by atoms with van der Waals surface area (Å²) in [6.45, 7) is 0. The minimum absolute atomic E-state index is 0.163. The molecule has 0 saturated carbocycles. The molecule has 26 heavy (non-hydrogen) atoms. The van der Waals surface area contributed by atoms with Crippen LogP contribution in [0.25, 0.3) is 21.6 Å². The number of fused-ring (bicyclic) bond motifs is 1. The van der Waals surface area contributed by atoms with Crippen molar-refractivity contribution in [2.45, 2.75) is 5.16 Å². The van der Waals surface area contributed by atoms with Crippen molar-refractivity contribution >= 4 is 56.8 Å². The van der Waals surface area contributed by atoms with Crippen LogP contribution in [-0.4, -0.2) is 31.8 Å². The number of carbonyl (C=O) groups is 1. The van der Waals surface area contributed by atoms with Gasteiger partial charge in [-0.3, -0.25) is 10.1 Å². The van der Waals surface area contributed by atoms with Crippen LogP contribution < -0.4 is 5.32 Å². The van der Waals surface area contributed by atoms with Crippen LogP contribution in [0.15, 0.2) is 53.7 Å². The lowest BCUT2D eigenvalue weighted by Gasteiger charge is -1.99. The third kappa shape index (κ3) is 3.87. The highest BCUT2D eigenvalue weighted by atomic mass is 35.5. The average Bonchev–Trinajstić information content (AvgIpc) is 3.27. The van der Waals surface area contributed by atoms with E-state index >= 15 is 0 Å². The number of imidazole rings is 1. The number of thioether (sulfide) groups is 1. The lowest BCUT2D eigenvalue weighted by molar-refractivity contribution is -0.113. The van der Waals surface area contributed by atoms with E-state index in [-0.39, 0.29) is 11.7 Å². The van der Waals surface area contributed by atoms with Crippen LogP contribution >= 0.6 is 34.7 Å². The van der Waals surface area contributed by atoms with Crippen molar-refractivity contribution in [3.8, 4) is 10.6 Å². The summed E-state index contributed by atoms with van der Waals surface area (Å²) in [5, 5.41) is 13.4. The molecule has 2 N–H and O–H groups in total. The van der Waals surface area contributed by atoms with Gasteiger partial charge in [0.2, 0.25) is 11.0 Å². The molecule has 0 spiro atoms. The van der Waals surface area contributed by atoms with Gasteiger partial charge in [0.05, 0.1) is 16.8 Å². The van der Waals surface area contributed by atoms with Crippen molar-refractivity contribution in [1.29, 1.82) is 0 Å². The maximum absolute atomic E-state index is 12.1. The van der Waals surface area contributed by atoms with Crippen LogP contribution in [0.5, 0.6) is 0 Å². The third-order valence-corrected chi connectivity index (χ3v) is 5.45. The van der Waals surface area contributed by atoms with Crippen LogP contribution in [0.2, 0.25) is 5.02 Å². The van der Waals surface area contributed by atoms with Gasteiger partial charge in [0.15, 0.2) is 5.16 Å². The highest BCUT2D eigenvalue weighted by Gasteiger charge is 2.11. The average molecular weight is 402 g/mol. The minimum Gasteiger partial charge on any atom is -0.333 e. The van der Waals surface area contributed by atoms with Crippen molar-refractivity contribution in [1.82, 2.24) is 20.2 Å². The number of H-pyrrole nitrogens is 1. The number of nitrogens with one attached hydrogen (secondary N) is 2. The Bertz CT molecular complexity index is 1060. The molecule has 1 amide bonds. The molecule has 0 aliphatic carbocycles. The summed E-state index contributed by atoms with van der Waals surface area (Å²) >= 11 is 8.62. The van der Waals surface area contributed by atoms with Gasteiger partial charge in [0.1, 0.15) is 5.01 Å². The van der Waals surface area contributed by atoms with E-state index < -0.39 is 0 Å². The Labute approximate surface area is 162 Å². The molecule has 130 valence electrons. The highest BCUT2D eigenvalue weighted by Crippen LogP contribution is 2.26. The number of hydrogen-bond donors (Lipinski definition) is 2. The fraction of sp³-hybridized carbons (Fsp3) is 0.0588. The van der Waals surface area contributed by atoms with Crippen LogP contribution in [0.3, 0.4) is 0 Å². The summed E-state index contributed by atoms with van der Waals surface area (Å²) in [5.74, 6) is 0.0533. The number of anilines is 1. The molecule has 2 heterocycles. The Morgan fingerprint density at radius 3 is 2.88 bits per heavy atom. The number of rotatable bonds is 5. The van der Waals surface area contributed by atoms with Crippen LogP contribution in [0.4, 0.5) is 5.13 Å². The summed E-state index contributed by atoms with van der Waals surface area (Å²) in [5.41, 5.74) is 2.63. The molecule has 0 saturated heterocycles. The van der Waals surface area contributed by atoms with Crippen LogP contribution in [-0.2, 0) is 4.79 Å². The topological polar surface area (TPSA) is 83.6 Å². The molecule has 4 rings (SSSR count). The van der Waals surface area contributed by atoms with E-state index in [0.717, 1.165) is 21.6 Å². The largest absolute Gasteiger partial charge is 0.333 e. The first kappa shape index (κ1) is 17.0. The lowest BCUT2D eigenvalue weighted by Crippen LogP contribution is -2.13. The van der Waals surface area contributed by atoms with Gasteiger partial charge in [-0.25, -0.2) is 4.98 Å². The fourth-order valence-electron chi connectivity index (χ4n) is 2.29. The van der Waals surface area contributed by atoms with E-state index in [2.05, 4.69) is 25.5 Å². The van der Waals surface area contributed by atoms with Crippen LogP contribution in [0, 0.1) is 0 Å². The van der Waals surface area contributed by atoms with Gasteiger partial charge < -0.3 is 4.98 Å². The minimum atomic E-state index is -0.163. The lowest BCUT2D eigenvalue weighted by atomic mass is 10.2. The molecular formula is C17H12ClN5OS2. The summed E-state index contributed by atoms with van der Waals surface area (Å²) in [6.07, 6.45) is 0. The van der Waals surface area contributed by atoms with Crippen molar-refractivity contribution in [3.63, 3.8) is 0 Å². The predicted octanol–water partition coefficient (Wildman–Crippen LogP) is 4.47. The van der Waals surface area contributed by atoms with E-state index in [0.29, 0.717) is 15.3 Å². The maximum Gasteiger partial charge on any atom is 0.236 e. The number of amides is 1. The Hall–Kier alpha value is -2.42. The monoisotopic (exact) mass is 401 g/mol. The van der Waals surface area contributed by atoms with Gasteiger partial charge in [0.25, 0.3) is 0 Å². The van der Waals surface area contributed by atoms with Crippen molar-refractivity contribution in [2.24, 2.45) is 0 Å². The second kappa shape index (κ2) is 7.45. The number of hydrogen-bond acceptors (Lipinski definition) is 6. The molecule has 9 heteroatoms. The number of nitrogens with zero attached hydrogens (tertiary/aromatic N) is 3. The molecule has 2 aromatic carbocycles. The number of aromatic nitrogens is 4. The maximum atomic E-state index is 12.1. The first-order valence-corrected chi connectivity index (χ1v) is 9.82. The Kier molecular flexibility index (Phi) is 4.87. The number of carbonyl (C=O) groups excluding carboxylic acids is 1. The van der Waals surface area contributed by atoms with Gasteiger partial charge in [-0.1, -0.05) is 65.0 Å². The van der Waals surface area contributed by atoms with Gasteiger partial charge in [0, 0.05) is 10.6 Å². The molecule has 6 nitrogen and oxygen atoms in total. The first-order valence-electron chi connectivity index (χ1n) is 7.64. The molecule has 0 bridgehead atoms. The zero-order chi connectivity index (χ0) is 17.9. The molecule has 2 aromatic heterocycles. The second-order valence-electron chi connectivity index (χ2n) is 5.32. The second-order valence-corrected chi connectivity index (χ2v) is 7.70. The van der Waals surface area contributed by atoms with Gasteiger partial charge in [-0.2, -0.15) is 0 Å². The number of aromatic amines is 1. The predicted molar refractivity (Wildman–Crippen MR) is 106 cm³/mol. The molecule has 0 radical (unpaired) electrons. The summed E-state index contributed by atoms with van der Waals surface area (Å²) in [6, 6.07) is 15.1. The number of halogens is 1. The highest BCUT2D eigenvalue weighted by molar-refractivity contribution is 7.99. The molecule has 0 fully saturated rings. The zero-order valence-electron chi connectivity index (χ0n) is 13.3. The number of benzene rings is 2. The summed E-state index contributed by atoms with van der Waals surface area (Å²) < 4.78 is 0.